The Bertz CT molecular complexity index is 671. The second kappa shape index (κ2) is 5.16. The minimum atomic E-state index is -4.55. The van der Waals surface area contributed by atoms with Crippen molar-refractivity contribution >= 4 is 0 Å². The van der Waals surface area contributed by atoms with E-state index in [1.54, 1.807) is 6.92 Å². The van der Waals surface area contributed by atoms with Crippen LogP contribution in [-0.4, -0.2) is 21.5 Å². The van der Waals surface area contributed by atoms with Gasteiger partial charge in [-0.15, -0.1) is 0 Å². The number of nitrogens with one attached hydrogen (secondary N) is 1. The van der Waals surface area contributed by atoms with E-state index < -0.39 is 17.3 Å². The second-order valence-electron chi connectivity index (χ2n) is 4.34. The highest BCUT2D eigenvalue weighted by Gasteiger charge is 2.34. The molecule has 20 heavy (non-hydrogen) atoms. The lowest BCUT2D eigenvalue weighted by atomic mass is 10.1. The van der Waals surface area contributed by atoms with Crippen LogP contribution in [0.3, 0.4) is 0 Å². The number of nitrogens with zero attached hydrogens (tertiary/aromatic N) is 1. The molecule has 0 aliphatic rings. The van der Waals surface area contributed by atoms with Crippen LogP contribution in [0.15, 0.2) is 29.1 Å². The average Bonchev–Trinajstić information content (AvgIpc) is 2.66. The molecule has 2 aromatic rings. The molecule has 1 aromatic heterocycles. The zero-order valence-corrected chi connectivity index (χ0v) is 10.7. The number of hydrogen-bond acceptors (Lipinski definition) is 2. The molecule has 1 aromatic carbocycles. The third-order valence-corrected chi connectivity index (χ3v) is 3.01. The number of aliphatic hydroxyl groups is 1. The molecule has 0 amide bonds. The molecular weight excluding hydrogens is 273 g/mol. The fourth-order valence-corrected chi connectivity index (χ4v) is 2.07. The summed E-state index contributed by atoms with van der Waals surface area (Å²) in [5, 5.41) is 11.5. The zero-order chi connectivity index (χ0) is 14.9. The fraction of sp³-hybridized carbons (Fsp3) is 0.308. The molecule has 0 saturated heterocycles. The number of aliphatic hydroxyl groups excluding tert-OH is 1. The normalized spacial score (nSPS) is 11.8. The van der Waals surface area contributed by atoms with Gasteiger partial charge in [-0.25, -0.2) is 4.68 Å². The number of halogens is 3. The van der Waals surface area contributed by atoms with Crippen LogP contribution in [0.4, 0.5) is 13.2 Å². The van der Waals surface area contributed by atoms with Crippen molar-refractivity contribution in [1.29, 1.82) is 0 Å². The molecule has 0 unspecified atom stereocenters. The molecule has 108 valence electrons. The Morgan fingerprint density at radius 2 is 1.95 bits per heavy atom. The maximum atomic E-state index is 13.0. The number of rotatable bonds is 3. The Labute approximate surface area is 112 Å². The molecule has 0 atom stereocenters. The molecular formula is C13H13F3N2O2. The van der Waals surface area contributed by atoms with Gasteiger partial charge in [0.05, 0.1) is 11.3 Å². The van der Waals surface area contributed by atoms with Crippen LogP contribution in [0.1, 0.15) is 16.8 Å². The highest BCUT2D eigenvalue weighted by Crippen LogP contribution is 2.33. The standard InChI is InChI=1S/C13H13F3N2O2/c1-8-9(6-7-19)12(20)18(17-8)11-5-3-2-4-10(11)13(14,15)16/h2-5,17,19H,6-7H2,1H3. The van der Waals surface area contributed by atoms with Gasteiger partial charge in [0.25, 0.3) is 5.56 Å². The van der Waals surface area contributed by atoms with Crippen molar-refractivity contribution in [1.82, 2.24) is 9.78 Å². The number of benzene rings is 1. The smallest absolute Gasteiger partial charge is 0.396 e. The first-order valence-electron chi connectivity index (χ1n) is 5.94. The van der Waals surface area contributed by atoms with E-state index in [0.29, 0.717) is 5.69 Å². The van der Waals surface area contributed by atoms with Crippen molar-refractivity contribution < 1.29 is 18.3 Å². The van der Waals surface area contributed by atoms with Gasteiger partial charge in [0, 0.05) is 24.3 Å². The van der Waals surface area contributed by atoms with Crippen molar-refractivity contribution in [3.05, 3.63) is 51.4 Å². The Kier molecular flexibility index (Phi) is 3.71. The quantitative estimate of drug-likeness (QED) is 0.907. The van der Waals surface area contributed by atoms with Crippen molar-refractivity contribution in [3.8, 4) is 5.69 Å². The third-order valence-electron chi connectivity index (χ3n) is 3.01. The predicted octanol–water partition coefficient (Wildman–Crippen LogP) is 2.03. The first-order valence-corrected chi connectivity index (χ1v) is 5.94. The number of alkyl halides is 3. The van der Waals surface area contributed by atoms with Crippen LogP contribution in [0, 0.1) is 6.92 Å². The summed E-state index contributed by atoms with van der Waals surface area (Å²) in [6.07, 6.45) is -4.45. The maximum Gasteiger partial charge on any atom is 0.418 e. The molecule has 0 aliphatic carbocycles. The summed E-state index contributed by atoms with van der Waals surface area (Å²) in [6.45, 7) is 1.34. The van der Waals surface area contributed by atoms with E-state index >= 15 is 0 Å². The van der Waals surface area contributed by atoms with Gasteiger partial charge in [-0.3, -0.25) is 9.89 Å². The van der Waals surface area contributed by atoms with E-state index in [0.717, 1.165) is 10.7 Å². The average molecular weight is 286 g/mol. The number of para-hydroxylation sites is 1. The molecule has 4 nitrogen and oxygen atoms in total. The predicted molar refractivity (Wildman–Crippen MR) is 66.9 cm³/mol. The molecule has 1 heterocycles. The SMILES string of the molecule is Cc1[nH]n(-c2ccccc2C(F)(F)F)c(=O)c1CCO. The first-order chi connectivity index (χ1) is 9.36. The number of aryl methyl sites for hydroxylation is 1. The van der Waals surface area contributed by atoms with E-state index in [9.17, 15) is 18.0 Å². The monoisotopic (exact) mass is 286 g/mol. The Morgan fingerprint density at radius 3 is 2.55 bits per heavy atom. The molecule has 0 fully saturated rings. The fourth-order valence-electron chi connectivity index (χ4n) is 2.07. The van der Waals surface area contributed by atoms with Crippen LogP contribution >= 0.6 is 0 Å². The van der Waals surface area contributed by atoms with E-state index in [2.05, 4.69) is 5.10 Å². The van der Waals surface area contributed by atoms with E-state index in [4.69, 9.17) is 5.11 Å². The highest BCUT2D eigenvalue weighted by molar-refractivity contribution is 5.43. The van der Waals surface area contributed by atoms with Gasteiger partial charge in [-0.1, -0.05) is 12.1 Å². The molecule has 0 bridgehead atoms. The maximum absolute atomic E-state index is 13.0. The molecule has 2 rings (SSSR count). The lowest BCUT2D eigenvalue weighted by molar-refractivity contribution is -0.137. The van der Waals surface area contributed by atoms with Gasteiger partial charge in [-0.2, -0.15) is 13.2 Å². The van der Waals surface area contributed by atoms with Gasteiger partial charge in [0.15, 0.2) is 0 Å². The minimum Gasteiger partial charge on any atom is -0.396 e. The summed E-state index contributed by atoms with van der Waals surface area (Å²) < 4.78 is 39.7. The number of hydrogen-bond donors (Lipinski definition) is 2. The number of aromatic amines is 1. The van der Waals surface area contributed by atoms with Crippen molar-refractivity contribution in [2.24, 2.45) is 0 Å². The van der Waals surface area contributed by atoms with Crippen molar-refractivity contribution in [3.63, 3.8) is 0 Å². The van der Waals surface area contributed by atoms with Gasteiger partial charge < -0.3 is 5.11 Å². The largest absolute Gasteiger partial charge is 0.418 e. The lowest BCUT2D eigenvalue weighted by Crippen LogP contribution is -2.21. The van der Waals surface area contributed by atoms with Crippen LogP contribution < -0.4 is 5.56 Å². The summed E-state index contributed by atoms with van der Waals surface area (Å²) >= 11 is 0. The first kappa shape index (κ1) is 14.4. The Morgan fingerprint density at radius 1 is 1.30 bits per heavy atom. The van der Waals surface area contributed by atoms with Crippen LogP contribution in [0.25, 0.3) is 5.69 Å². The Hall–Kier alpha value is -2.02. The van der Waals surface area contributed by atoms with E-state index in [-0.39, 0.29) is 24.3 Å². The minimum absolute atomic E-state index is 0.0996. The third kappa shape index (κ3) is 2.49. The summed E-state index contributed by atoms with van der Waals surface area (Å²) in [4.78, 5) is 12.1. The van der Waals surface area contributed by atoms with Gasteiger partial charge in [0.1, 0.15) is 0 Å². The van der Waals surface area contributed by atoms with Gasteiger partial charge in [0.2, 0.25) is 0 Å². The van der Waals surface area contributed by atoms with Crippen LogP contribution in [0.5, 0.6) is 0 Å². The number of aromatic nitrogens is 2. The molecule has 0 radical (unpaired) electrons. The summed E-state index contributed by atoms with van der Waals surface area (Å²) in [5.41, 5.74) is -0.991. The highest BCUT2D eigenvalue weighted by atomic mass is 19.4. The van der Waals surface area contributed by atoms with Gasteiger partial charge in [-0.05, 0) is 19.1 Å². The van der Waals surface area contributed by atoms with Crippen LogP contribution in [0.2, 0.25) is 0 Å². The van der Waals surface area contributed by atoms with E-state index in [1.165, 1.54) is 18.2 Å². The lowest BCUT2D eigenvalue weighted by Gasteiger charge is -2.12. The topological polar surface area (TPSA) is 58.0 Å². The zero-order valence-electron chi connectivity index (χ0n) is 10.7. The molecule has 0 spiro atoms. The molecule has 2 N–H and O–H groups in total. The van der Waals surface area contributed by atoms with Crippen LogP contribution in [-0.2, 0) is 12.6 Å². The van der Waals surface area contributed by atoms with Crippen molar-refractivity contribution in [2.75, 3.05) is 6.61 Å². The molecule has 0 aliphatic heterocycles. The summed E-state index contributed by atoms with van der Waals surface area (Å²) in [5.74, 6) is 0. The van der Waals surface area contributed by atoms with Gasteiger partial charge >= 0.3 is 6.18 Å². The summed E-state index contributed by atoms with van der Waals surface area (Å²) in [7, 11) is 0. The second-order valence-corrected chi connectivity index (χ2v) is 4.34. The number of H-pyrrole nitrogens is 1. The summed E-state index contributed by atoms with van der Waals surface area (Å²) in [6, 6.07) is 4.84. The van der Waals surface area contributed by atoms with E-state index in [1.807, 2.05) is 0 Å². The molecule has 7 heteroatoms. The van der Waals surface area contributed by atoms with Crippen molar-refractivity contribution in [2.45, 2.75) is 19.5 Å². The molecule has 0 saturated carbocycles. The Balaban J connectivity index is 2.65.